The summed E-state index contributed by atoms with van der Waals surface area (Å²) in [6, 6.07) is 10.3. The van der Waals surface area contributed by atoms with E-state index in [4.69, 9.17) is 43.8 Å². The largest absolute Gasteiger partial charge is 0.496 e. The highest BCUT2D eigenvalue weighted by Crippen LogP contribution is 2.33. The maximum absolute atomic E-state index is 5.95. The third-order valence-electron chi connectivity index (χ3n) is 2.76. The zero-order chi connectivity index (χ0) is 15.4. The van der Waals surface area contributed by atoms with Gasteiger partial charge in [-0.1, -0.05) is 23.8 Å². The zero-order valence-electron chi connectivity index (χ0n) is 11.6. The summed E-state index contributed by atoms with van der Waals surface area (Å²) in [5.74, 6) is 2.30. The summed E-state index contributed by atoms with van der Waals surface area (Å²) in [6.45, 7) is 0. The predicted octanol–water partition coefficient (Wildman–Crippen LogP) is 3.78. The second-order valence-electron chi connectivity index (χ2n) is 4.16. The summed E-state index contributed by atoms with van der Waals surface area (Å²) in [6.07, 6.45) is 0. The Balaban J connectivity index is 2.40. The van der Waals surface area contributed by atoms with Gasteiger partial charge in [-0.05, 0) is 18.2 Å². The highest BCUT2D eigenvalue weighted by molar-refractivity contribution is 7.80. The highest BCUT2D eigenvalue weighted by atomic mass is 35.5. The Morgan fingerprint density at radius 3 is 2.10 bits per heavy atom. The van der Waals surface area contributed by atoms with E-state index < -0.39 is 0 Å². The molecular weight excluding hydrogens is 310 g/mol. The van der Waals surface area contributed by atoms with Crippen LogP contribution < -0.4 is 19.9 Å². The zero-order valence-corrected chi connectivity index (χ0v) is 13.1. The summed E-state index contributed by atoms with van der Waals surface area (Å²) >= 11 is 11.0. The summed E-state index contributed by atoms with van der Waals surface area (Å²) in [5.41, 5.74) is 6.26. The molecule has 2 aromatic carbocycles. The number of nitrogens with two attached hydrogens (primary N) is 1. The van der Waals surface area contributed by atoms with Crippen molar-refractivity contribution < 1.29 is 14.2 Å². The Morgan fingerprint density at radius 2 is 1.57 bits per heavy atom. The monoisotopic (exact) mass is 323 g/mol. The van der Waals surface area contributed by atoms with Gasteiger partial charge in [0.15, 0.2) is 0 Å². The molecule has 0 aliphatic rings. The Bertz CT molecular complexity index is 654. The minimum absolute atomic E-state index is 0.211. The molecule has 0 saturated heterocycles. The van der Waals surface area contributed by atoms with Crippen LogP contribution in [0, 0.1) is 0 Å². The van der Waals surface area contributed by atoms with Crippen LogP contribution in [0.25, 0.3) is 0 Å². The second-order valence-corrected chi connectivity index (χ2v) is 5.03. The first-order valence-corrected chi connectivity index (χ1v) is 6.82. The molecule has 21 heavy (non-hydrogen) atoms. The topological polar surface area (TPSA) is 53.7 Å². The lowest BCUT2D eigenvalue weighted by Crippen LogP contribution is -2.10. The smallest absolute Gasteiger partial charge is 0.137 e. The SMILES string of the molecule is COc1cc(OC)cc(Oc2ccc(Cl)cc2C(N)=S)c1. The minimum Gasteiger partial charge on any atom is -0.496 e. The van der Waals surface area contributed by atoms with Crippen molar-refractivity contribution in [3.8, 4) is 23.0 Å². The molecule has 110 valence electrons. The molecule has 2 rings (SSSR count). The van der Waals surface area contributed by atoms with Gasteiger partial charge in [0.1, 0.15) is 28.0 Å². The lowest BCUT2D eigenvalue weighted by atomic mass is 10.2. The molecule has 0 aliphatic heterocycles. The van der Waals surface area contributed by atoms with Gasteiger partial charge >= 0.3 is 0 Å². The summed E-state index contributed by atoms with van der Waals surface area (Å²) in [4.78, 5) is 0.211. The summed E-state index contributed by atoms with van der Waals surface area (Å²) in [7, 11) is 3.14. The number of benzene rings is 2. The van der Waals surface area contributed by atoms with Crippen molar-refractivity contribution in [1.82, 2.24) is 0 Å². The minimum atomic E-state index is 0.211. The molecule has 2 N–H and O–H groups in total. The van der Waals surface area contributed by atoms with Crippen molar-refractivity contribution in [2.75, 3.05) is 14.2 Å². The van der Waals surface area contributed by atoms with Crippen LogP contribution in [-0.2, 0) is 0 Å². The summed E-state index contributed by atoms with van der Waals surface area (Å²) < 4.78 is 16.2. The Labute approximate surface area is 133 Å². The van der Waals surface area contributed by atoms with Gasteiger partial charge in [0, 0.05) is 23.2 Å². The van der Waals surface area contributed by atoms with Crippen LogP contribution in [0.15, 0.2) is 36.4 Å². The lowest BCUT2D eigenvalue weighted by Gasteiger charge is -2.13. The maximum atomic E-state index is 5.95. The van der Waals surface area contributed by atoms with E-state index in [0.29, 0.717) is 33.6 Å². The second kappa shape index (κ2) is 6.65. The molecule has 0 saturated carbocycles. The number of hydrogen-bond donors (Lipinski definition) is 1. The van der Waals surface area contributed by atoms with Crippen molar-refractivity contribution in [3.63, 3.8) is 0 Å². The number of methoxy groups -OCH3 is 2. The van der Waals surface area contributed by atoms with E-state index in [-0.39, 0.29) is 4.99 Å². The third-order valence-corrected chi connectivity index (χ3v) is 3.21. The Morgan fingerprint density at radius 1 is 1.00 bits per heavy atom. The fourth-order valence-electron chi connectivity index (χ4n) is 1.75. The first kappa shape index (κ1) is 15.4. The van der Waals surface area contributed by atoms with Crippen molar-refractivity contribution in [3.05, 3.63) is 47.0 Å². The number of rotatable bonds is 5. The molecule has 6 heteroatoms. The Kier molecular flexibility index (Phi) is 4.88. The Hall–Kier alpha value is -1.98. The van der Waals surface area contributed by atoms with E-state index in [1.54, 1.807) is 50.6 Å². The number of hydrogen-bond acceptors (Lipinski definition) is 4. The van der Waals surface area contributed by atoms with Crippen molar-refractivity contribution in [2.45, 2.75) is 0 Å². The van der Waals surface area contributed by atoms with Crippen LogP contribution in [-0.4, -0.2) is 19.2 Å². The van der Waals surface area contributed by atoms with E-state index in [1.165, 1.54) is 0 Å². The van der Waals surface area contributed by atoms with Gasteiger partial charge < -0.3 is 19.9 Å². The number of halogens is 1. The van der Waals surface area contributed by atoms with Gasteiger partial charge in [0.25, 0.3) is 0 Å². The van der Waals surface area contributed by atoms with Gasteiger partial charge in [-0.15, -0.1) is 0 Å². The molecule has 0 aromatic heterocycles. The number of ether oxygens (including phenoxy) is 3. The molecule has 0 fully saturated rings. The van der Waals surface area contributed by atoms with Crippen molar-refractivity contribution >= 4 is 28.8 Å². The molecule has 0 heterocycles. The summed E-state index contributed by atoms with van der Waals surface area (Å²) in [5, 5.41) is 0.536. The van der Waals surface area contributed by atoms with E-state index >= 15 is 0 Å². The molecular formula is C15H14ClNO3S. The van der Waals surface area contributed by atoms with Gasteiger partial charge in [-0.3, -0.25) is 0 Å². The normalized spacial score (nSPS) is 10.0. The van der Waals surface area contributed by atoms with Crippen LogP contribution in [0.3, 0.4) is 0 Å². The quantitative estimate of drug-likeness (QED) is 0.849. The maximum Gasteiger partial charge on any atom is 0.137 e. The highest BCUT2D eigenvalue weighted by Gasteiger charge is 2.10. The average Bonchev–Trinajstić information content (AvgIpc) is 2.48. The van der Waals surface area contributed by atoms with Gasteiger partial charge in [-0.2, -0.15) is 0 Å². The van der Waals surface area contributed by atoms with Gasteiger partial charge in [0.2, 0.25) is 0 Å². The molecule has 0 bridgehead atoms. The average molecular weight is 324 g/mol. The predicted molar refractivity (Wildman–Crippen MR) is 87.0 cm³/mol. The van der Waals surface area contributed by atoms with E-state index in [2.05, 4.69) is 0 Å². The molecule has 0 atom stereocenters. The van der Waals surface area contributed by atoms with Crippen LogP contribution in [0.5, 0.6) is 23.0 Å². The van der Waals surface area contributed by atoms with E-state index in [9.17, 15) is 0 Å². The lowest BCUT2D eigenvalue weighted by molar-refractivity contribution is 0.386. The molecule has 2 aromatic rings. The molecule has 0 aliphatic carbocycles. The fourth-order valence-corrected chi connectivity index (χ4v) is 2.08. The van der Waals surface area contributed by atoms with Crippen molar-refractivity contribution in [2.24, 2.45) is 5.73 Å². The number of thiocarbonyl (C=S) groups is 1. The molecule has 0 amide bonds. The molecule has 0 unspecified atom stereocenters. The first-order valence-electron chi connectivity index (χ1n) is 6.03. The van der Waals surface area contributed by atoms with Crippen molar-refractivity contribution in [1.29, 1.82) is 0 Å². The van der Waals surface area contributed by atoms with Crippen LogP contribution in [0.1, 0.15) is 5.56 Å². The van der Waals surface area contributed by atoms with Gasteiger partial charge in [0.05, 0.1) is 19.8 Å². The first-order chi connectivity index (χ1) is 10.0. The van der Waals surface area contributed by atoms with Crippen LogP contribution >= 0.6 is 23.8 Å². The van der Waals surface area contributed by atoms with E-state index in [1.807, 2.05) is 0 Å². The van der Waals surface area contributed by atoms with Gasteiger partial charge in [-0.25, -0.2) is 0 Å². The third kappa shape index (κ3) is 3.77. The fraction of sp³-hybridized carbons (Fsp3) is 0.133. The molecule has 4 nitrogen and oxygen atoms in total. The molecule has 0 radical (unpaired) electrons. The van der Waals surface area contributed by atoms with Crippen LogP contribution in [0.2, 0.25) is 5.02 Å². The standard InChI is InChI=1S/C15H14ClNO3S/c1-18-10-6-11(19-2)8-12(7-10)20-14-4-3-9(16)5-13(14)15(17)21/h3-8H,1-2H3,(H2,17,21). The van der Waals surface area contributed by atoms with E-state index in [0.717, 1.165) is 0 Å². The molecule has 0 spiro atoms. The van der Waals surface area contributed by atoms with Crippen LogP contribution in [0.4, 0.5) is 0 Å².